The van der Waals surface area contributed by atoms with E-state index in [0.717, 1.165) is 42.1 Å². The number of nitrogens with one attached hydrogen (secondary N) is 3. The van der Waals surface area contributed by atoms with Crippen molar-refractivity contribution in [1.29, 1.82) is 5.26 Å². The smallest absolute Gasteiger partial charge is 0.149 e. The van der Waals surface area contributed by atoms with E-state index < -0.39 is 0 Å². The number of aryl methyl sites for hydroxylation is 1. The fourth-order valence-electron chi connectivity index (χ4n) is 4.64. The summed E-state index contributed by atoms with van der Waals surface area (Å²) in [4.78, 5) is 4.74. The van der Waals surface area contributed by atoms with Gasteiger partial charge in [0.25, 0.3) is 0 Å². The molecule has 2 aromatic heterocycles. The van der Waals surface area contributed by atoms with Crippen LogP contribution in [0.15, 0.2) is 79.3 Å². The van der Waals surface area contributed by atoms with Gasteiger partial charge in [0.1, 0.15) is 5.82 Å². The third-order valence-corrected chi connectivity index (χ3v) is 6.79. The van der Waals surface area contributed by atoms with Crippen molar-refractivity contribution in [1.82, 2.24) is 20.1 Å². The van der Waals surface area contributed by atoms with Crippen molar-refractivity contribution >= 4 is 11.5 Å². The van der Waals surface area contributed by atoms with E-state index in [-0.39, 0.29) is 11.6 Å². The van der Waals surface area contributed by atoms with Gasteiger partial charge in [0.05, 0.1) is 35.1 Å². The molecule has 0 bridgehead atoms. The van der Waals surface area contributed by atoms with E-state index in [1.807, 2.05) is 56.0 Å². The highest BCUT2D eigenvalue weighted by atomic mass is 15.2. The molecule has 0 fully saturated rings. The van der Waals surface area contributed by atoms with Gasteiger partial charge in [-0.1, -0.05) is 42.5 Å². The lowest BCUT2D eigenvalue weighted by molar-refractivity contribution is 0.319. The first-order valence-electron chi connectivity index (χ1n) is 11.8. The van der Waals surface area contributed by atoms with E-state index in [9.17, 15) is 0 Å². The second kappa shape index (κ2) is 9.61. The average molecular weight is 464 g/mol. The Hall–Kier alpha value is -4.15. The Kier molecular flexibility index (Phi) is 6.21. The molecule has 2 atom stereocenters. The molecule has 5 rings (SSSR count). The molecular formula is C28H29N7. The molecule has 0 radical (unpaired) electrons. The Bertz CT molecular complexity index is 1340. The molecule has 176 valence electrons. The Morgan fingerprint density at radius 1 is 1.11 bits per heavy atom. The number of fused-ring (bicyclic) bond motifs is 1. The van der Waals surface area contributed by atoms with Crippen LogP contribution in [0.4, 0.5) is 11.5 Å². The zero-order valence-electron chi connectivity index (χ0n) is 20.0. The van der Waals surface area contributed by atoms with Crippen LogP contribution in [-0.2, 0) is 19.0 Å². The van der Waals surface area contributed by atoms with Gasteiger partial charge in [0.2, 0.25) is 0 Å². The van der Waals surface area contributed by atoms with Crippen molar-refractivity contribution in [2.45, 2.75) is 24.9 Å². The molecule has 7 heteroatoms. The van der Waals surface area contributed by atoms with Gasteiger partial charge in [0.15, 0.2) is 0 Å². The largest absolute Gasteiger partial charge is 0.380 e. The first-order valence-corrected chi connectivity index (χ1v) is 11.8. The molecular weight excluding hydrogens is 434 g/mol. The van der Waals surface area contributed by atoms with Crippen LogP contribution in [0.3, 0.4) is 0 Å². The van der Waals surface area contributed by atoms with Gasteiger partial charge in [-0.05, 0) is 42.7 Å². The van der Waals surface area contributed by atoms with Crippen LogP contribution >= 0.6 is 0 Å². The van der Waals surface area contributed by atoms with Crippen LogP contribution in [0, 0.1) is 11.3 Å². The maximum Gasteiger partial charge on any atom is 0.149 e. The Labute approximate surface area is 205 Å². The average Bonchev–Trinajstić information content (AvgIpc) is 3.35. The number of nitriles is 1. The Morgan fingerprint density at radius 2 is 1.91 bits per heavy atom. The second-order valence-corrected chi connectivity index (χ2v) is 9.15. The van der Waals surface area contributed by atoms with Crippen molar-refractivity contribution in [3.8, 4) is 17.2 Å². The SMILES string of the molecule is Cn1cc(-c2cnc3c(c2)NC[C@H]([C@@](C)(NCCc2ccc(C#N)cc2)c2ccccc2)N3)cn1. The Balaban J connectivity index is 1.35. The van der Waals surface area contributed by atoms with Crippen molar-refractivity contribution in [3.63, 3.8) is 0 Å². The predicted octanol–water partition coefficient (Wildman–Crippen LogP) is 4.31. The van der Waals surface area contributed by atoms with Crippen LogP contribution in [0.2, 0.25) is 0 Å². The predicted molar refractivity (Wildman–Crippen MR) is 139 cm³/mol. The van der Waals surface area contributed by atoms with Crippen molar-refractivity contribution < 1.29 is 0 Å². The first kappa shape index (κ1) is 22.6. The minimum absolute atomic E-state index is 0.0788. The van der Waals surface area contributed by atoms with Crippen LogP contribution in [0.1, 0.15) is 23.6 Å². The van der Waals surface area contributed by atoms with Gasteiger partial charge in [-0.25, -0.2) is 4.98 Å². The molecule has 35 heavy (non-hydrogen) atoms. The highest BCUT2D eigenvalue weighted by Gasteiger charge is 2.38. The highest BCUT2D eigenvalue weighted by Crippen LogP contribution is 2.34. The minimum atomic E-state index is -0.331. The fraction of sp³-hybridized carbons (Fsp3) is 0.250. The monoisotopic (exact) mass is 463 g/mol. The molecule has 1 aliphatic heterocycles. The molecule has 3 N–H and O–H groups in total. The van der Waals surface area contributed by atoms with Gasteiger partial charge in [-0.3, -0.25) is 4.68 Å². The number of rotatable bonds is 7. The van der Waals surface area contributed by atoms with Gasteiger partial charge in [-0.2, -0.15) is 10.4 Å². The third-order valence-electron chi connectivity index (χ3n) is 6.79. The third kappa shape index (κ3) is 4.75. The minimum Gasteiger partial charge on any atom is -0.380 e. The highest BCUT2D eigenvalue weighted by molar-refractivity contribution is 5.75. The summed E-state index contributed by atoms with van der Waals surface area (Å²) < 4.78 is 1.80. The first-order chi connectivity index (χ1) is 17.0. The Morgan fingerprint density at radius 3 is 2.63 bits per heavy atom. The molecule has 0 saturated carbocycles. The van der Waals surface area contributed by atoms with Crippen LogP contribution in [0.25, 0.3) is 11.1 Å². The van der Waals surface area contributed by atoms with E-state index in [1.165, 1.54) is 11.1 Å². The van der Waals surface area contributed by atoms with E-state index in [4.69, 9.17) is 10.2 Å². The number of aromatic nitrogens is 3. The topological polar surface area (TPSA) is 90.6 Å². The van der Waals surface area contributed by atoms with Gasteiger partial charge >= 0.3 is 0 Å². The van der Waals surface area contributed by atoms with E-state index >= 15 is 0 Å². The molecule has 3 heterocycles. The summed E-state index contributed by atoms with van der Waals surface area (Å²) in [6.45, 7) is 3.80. The van der Waals surface area contributed by atoms with Gasteiger partial charge in [0, 0.05) is 43.7 Å². The van der Waals surface area contributed by atoms with E-state index in [0.29, 0.717) is 5.56 Å². The standard InChI is InChI=1S/C28H29N7/c1-28(24-6-4-3-5-7-24,32-13-12-20-8-10-21(15-29)11-9-20)26-18-30-25-14-22(16-31-27(25)34-26)23-17-33-35(2)19-23/h3-11,14,16-17,19,26,30,32H,12-13,18H2,1-2H3,(H,31,34)/t26-,28+/m1/s1. The summed E-state index contributed by atoms with van der Waals surface area (Å²) in [5, 5.41) is 24.4. The summed E-state index contributed by atoms with van der Waals surface area (Å²) in [7, 11) is 1.92. The summed E-state index contributed by atoms with van der Waals surface area (Å²) >= 11 is 0. The molecule has 7 nitrogen and oxygen atoms in total. The summed E-state index contributed by atoms with van der Waals surface area (Å²) in [6, 6.07) is 22.7. The summed E-state index contributed by atoms with van der Waals surface area (Å²) in [6.07, 6.45) is 6.61. The molecule has 0 unspecified atom stereocenters. The number of benzene rings is 2. The lowest BCUT2D eigenvalue weighted by atomic mass is 9.83. The van der Waals surface area contributed by atoms with Gasteiger partial charge in [-0.15, -0.1) is 0 Å². The van der Waals surface area contributed by atoms with Crippen LogP contribution in [-0.4, -0.2) is 33.9 Å². The molecule has 0 aliphatic carbocycles. The number of nitrogens with zero attached hydrogens (tertiary/aromatic N) is 4. The van der Waals surface area contributed by atoms with Crippen LogP contribution in [0.5, 0.6) is 0 Å². The molecule has 4 aromatic rings. The number of anilines is 2. The number of hydrogen-bond acceptors (Lipinski definition) is 6. The molecule has 0 amide bonds. The second-order valence-electron chi connectivity index (χ2n) is 9.15. The van der Waals surface area contributed by atoms with Crippen molar-refractivity contribution in [3.05, 3.63) is 95.9 Å². The molecule has 0 spiro atoms. The maximum absolute atomic E-state index is 9.04. The number of hydrogen-bond donors (Lipinski definition) is 3. The van der Waals surface area contributed by atoms with Crippen molar-refractivity contribution in [2.75, 3.05) is 23.7 Å². The molecule has 0 saturated heterocycles. The van der Waals surface area contributed by atoms with Gasteiger partial charge < -0.3 is 16.0 Å². The molecule has 2 aromatic carbocycles. The quantitative estimate of drug-likeness (QED) is 0.378. The molecule has 1 aliphatic rings. The lowest BCUT2D eigenvalue weighted by Gasteiger charge is -2.42. The number of pyridine rings is 1. The van der Waals surface area contributed by atoms with E-state index in [1.54, 1.807) is 4.68 Å². The zero-order chi connectivity index (χ0) is 24.3. The normalized spacial score (nSPS) is 16.3. The zero-order valence-corrected chi connectivity index (χ0v) is 20.0. The van der Waals surface area contributed by atoms with E-state index in [2.05, 4.69) is 64.4 Å². The summed E-state index contributed by atoms with van der Waals surface area (Å²) in [5.74, 6) is 0.852. The fourth-order valence-corrected chi connectivity index (χ4v) is 4.64. The lowest BCUT2D eigenvalue weighted by Crippen LogP contribution is -2.57. The summed E-state index contributed by atoms with van der Waals surface area (Å²) in [5.41, 5.74) is 5.86. The van der Waals surface area contributed by atoms with Crippen LogP contribution < -0.4 is 16.0 Å². The maximum atomic E-state index is 9.04. The van der Waals surface area contributed by atoms with Crippen molar-refractivity contribution in [2.24, 2.45) is 7.05 Å².